The second-order valence-electron chi connectivity index (χ2n) is 3.78. The lowest BCUT2D eigenvalue weighted by molar-refractivity contribution is 0.624. The zero-order chi connectivity index (χ0) is 12.3. The molecular formula is C12H13ClFN3. The van der Waals surface area contributed by atoms with Gasteiger partial charge in [-0.05, 0) is 18.7 Å². The van der Waals surface area contributed by atoms with Gasteiger partial charge in [0.15, 0.2) is 0 Å². The van der Waals surface area contributed by atoms with E-state index < -0.39 is 0 Å². The summed E-state index contributed by atoms with van der Waals surface area (Å²) in [6.07, 6.45) is 3.63. The number of hydrogen-bond acceptors (Lipinski definition) is 2. The van der Waals surface area contributed by atoms with Gasteiger partial charge in [0.25, 0.3) is 0 Å². The molecule has 3 nitrogen and oxygen atoms in total. The van der Waals surface area contributed by atoms with Crippen LogP contribution < -0.4 is 5.32 Å². The first kappa shape index (κ1) is 12.1. The minimum absolute atomic E-state index is 0.177. The molecule has 0 aliphatic rings. The summed E-state index contributed by atoms with van der Waals surface area (Å²) in [5, 5.41) is 3.20. The Morgan fingerprint density at radius 3 is 3.06 bits per heavy atom. The van der Waals surface area contributed by atoms with E-state index >= 15 is 0 Å². The summed E-state index contributed by atoms with van der Waals surface area (Å²) in [7, 11) is 1.86. The van der Waals surface area contributed by atoms with Crippen molar-refractivity contribution in [3.05, 3.63) is 52.8 Å². The number of imidazole rings is 1. The van der Waals surface area contributed by atoms with E-state index in [-0.39, 0.29) is 10.8 Å². The fraction of sp³-hybridized carbons (Fsp3) is 0.250. The molecule has 90 valence electrons. The minimum Gasteiger partial charge on any atom is -0.333 e. The largest absolute Gasteiger partial charge is 0.333 e. The Labute approximate surface area is 104 Å². The van der Waals surface area contributed by atoms with Crippen molar-refractivity contribution >= 4 is 11.6 Å². The van der Waals surface area contributed by atoms with E-state index in [0.29, 0.717) is 13.1 Å². The summed E-state index contributed by atoms with van der Waals surface area (Å²) in [5.74, 6) is -0.389. The van der Waals surface area contributed by atoms with E-state index in [9.17, 15) is 4.39 Å². The summed E-state index contributed by atoms with van der Waals surface area (Å²) < 4.78 is 15.1. The van der Waals surface area contributed by atoms with Gasteiger partial charge in [0, 0.05) is 12.7 Å². The molecule has 0 radical (unpaired) electrons. The highest BCUT2D eigenvalue weighted by molar-refractivity contribution is 6.31. The van der Waals surface area contributed by atoms with Crippen LogP contribution in [0.3, 0.4) is 0 Å². The molecule has 0 saturated carbocycles. The van der Waals surface area contributed by atoms with Crippen LogP contribution in [0.5, 0.6) is 0 Å². The van der Waals surface area contributed by atoms with Gasteiger partial charge in [0.1, 0.15) is 5.82 Å². The van der Waals surface area contributed by atoms with Crippen LogP contribution in [0.1, 0.15) is 11.3 Å². The Morgan fingerprint density at radius 2 is 2.29 bits per heavy atom. The van der Waals surface area contributed by atoms with Gasteiger partial charge in [0.2, 0.25) is 0 Å². The first-order valence-corrected chi connectivity index (χ1v) is 5.66. The monoisotopic (exact) mass is 253 g/mol. The molecule has 0 aliphatic carbocycles. The third kappa shape index (κ3) is 2.84. The zero-order valence-corrected chi connectivity index (χ0v) is 10.2. The maximum Gasteiger partial charge on any atom is 0.142 e. The quantitative estimate of drug-likeness (QED) is 0.907. The van der Waals surface area contributed by atoms with Crippen molar-refractivity contribution in [2.45, 2.75) is 13.1 Å². The van der Waals surface area contributed by atoms with Crippen LogP contribution in [0.25, 0.3) is 0 Å². The summed E-state index contributed by atoms with van der Waals surface area (Å²) in [4.78, 5) is 4.22. The number of halogens is 2. The molecular weight excluding hydrogens is 241 g/mol. The molecule has 0 bridgehead atoms. The van der Waals surface area contributed by atoms with Gasteiger partial charge in [-0.15, -0.1) is 0 Å². The Bertz CT molecular complexity index is 510. The SMILES string of the molecule is CNCc1cn(Cc2cccc(F)c2Cl)cn1. The molecule has 0 unspecified atom stereocenters. The number of rotatable bonds is 4. The molecule has 1 N–H and O–H groups in total. The van der Waals surface area contributed by atoms with Crippen LogP contribution in [0.4, 0.5) is 4.39 Å². The van der Waals surface area contributed by atoms with Crippen LogP contribution in [0.15, 0.2) is 30.7 Å². The highest BCUT2D eigenvalue weighted by atomic mass is 35.5. The third-order valence-corrected chi connectivity index (χ3v) is 2.85. The molecule has 1 aromatic carbocycles. The molecule has 0 aliphatic heterocycles. The smallest absolute Gasteiger partial charge is 0.142 e. The van der Waals surface area contributed by atoms with Crippen molar-refractivity contribution in [2.24, 2.45) is 0 Å². The molecule has 5 heteroatoms. The average molecular weight is 254 g/mol. The molecule has 2 rings (SSSR count). The number of nitrogens with one attached hydrogen (secondary N) is 1. The molecule has 1 heterocycles. The van der Waals surface area contributed by atoms with Crippen molar-refractivity contribution in [3.8, 4) is 0 Å². The van der Waals surface area contributed by atoms with Gasteiger partial charge in [-0.3, -0.25) is 0 Å². The van der Waals surface area contributed by atoms with E-state index in [4.69, 9.17) is 11.6 Å². The molecule has 0 fully saturated rings. The van der Waals surface area contributed by atoms with Crippen molar-refractivity contribution in [1.82, 2.24) is 14.9 Å². The lowest BCUT2D eigenvalue weighted by Crippen LogP contribution is -2.05. The van der Waals surface area contributed by atoms with Crippen LogP contribution in [-0.2, 0) is 13.1 Å². The van der Waals surface area contributed by atoms with E-state index in [1.54, 1.807) is 12.4 Å². The first-order valence-electron chi connectivity index (χ1n) is 5.29. The summed E-state index contributed by atoms with van der Waals surface area (Å²) >= 11 is 5.89. The van der Waals surface area contributed by atoms with Crippen LogP contribution in [0.2, 0.25) is 5.02 Å². The van der Waals surface area contributed by atoms with Gasteiger partial charge in [-0.2, -0.15) is 0 Å². The molecule has 0 spiro atoms. The second kappa shape index (κ2) is 5.29. The van der Waals surface area contributed by atoms with Crippen molar-refractivity contribution in [2.75, 3.05) is 7.05 Å². The van der Waals surface area contributed by atoms with Crippen molar-refractivity contribution in [3.63, 3.8) is 0 Å². The predicted molar refractivity (Wildman–Crippen MR) is 65.5 cm³/mol. The molecule has 1 aromatic heterocycles. The van der Waals surface area contributed by atoms with Crippen molar-refractivity contribution in [1.29, 1.82) is 0 Å². The topological polar surface area (TPSA) is 29.9 Å². The Hall–Kier alpha value is -1.39. The average Bonchev–Trinajstić information content (AvgIpc) is 2.73. The van der Waals surface area contributed by atoms with E-state index in [0.717, 1.165) is 11.3 Å². The highest BCUT2D eigenvalue weighted by Gasteiger charge is 2.06. The summed E-state index contributed by atoms with van der Waals surface area (Å²) in [6, 6.07) is 4.82. The number of nitrogens with zero attached hydrogens (tertiary/aromatic N) is 2. The fourth-order valence-electron chi connectivity index (χ4n) is 1.63. The zero-order valence-electron chi connectivity index (χ0n) is 9.45. The summed E-state index contributed by atoms with van der Waals surface area (Å²) in [6.45, 7) is 1.23. The Morgan fingerprint density at radius 1 is 1.47 bits per heavy atom. The number of benzene rings is 1. The molecule has 0 amide bonds. The Kier molecular flexibility index (Phi) is 3.76. The van der Waals surface area contributed by atoms with E-state index in [1.807, 2.05) is 23.9 Å². The molecule has 2 aromatic rings. The van der Waals surface area contributed by atoms with Gasteiger partial charge in [-0.25, -0.2) is 9.37 Å². The standard InChI is InChI=1S/C12H13ClFN3/c1-15-5-10-7-17(8-16-10)6-9-3-2-4-11(14)12(9)13/h2-4,7-8,15H,5-6H2,1H3. The number of hydrogen-bond donors (Lipinski definition) is 1. The first-order chi connectivity index (χ1) is 8.20. The van der Waals surface area contributed by atoms with Crippen LogP contribution in [-0.4, -0.2) is 16.6 Å². The number of aromatic nitrogens is 2. The third-order valence-electron chi connectivity index (χ3n) is 2.43. The normalized spacial score (nSPS) is 10.8. The maximum atomic E-state index is 13.2. The van der Waals surface area contributed by atoms with Gasteiger partial charge in [-0.1, -0.05) is 23.7 Å². The van der Waals surface area contributed by atoms with Crippen LogP contribution in [0, 0.1) is 5.82 Å². The Balaban J connectivity index is 2.16. The van der Waals surface area contributed by atoms with Gasteiger partial charge in [0.05, 0.1) is 23.6 Å². The minimum atomic E-state index is -0.389. The van der Waals surface area contributed by atoms with Crippen LogP contribution >= 0.6 is 11.6 Å². The molecule has 0 saturated heterocycles. The van der Waals surface area contributed by atoms with Crippen molar-refractivity contribution < 1.29 is 4.39 Å². The maximum absolute atomic E-state index is 13.2. The molecule has 17 heavy (non-hydrogen) atoms. The fourth-order valence-corrected chi connectivity index (χ4v) is 1.82. The van der Waals surface area contributed by atoms with Gasteiger partial charge >= 0.3 is 0 Å². The van der Waals surface area contributed by atoms with E-state index in [2.05, 4.69) is 10.3 Å². The lowest BCUT2D eigenvalue weighted by atomic mass is 10.2. The molecule has 0 atom stereocenters. The van der Waals surface area contributed by atoms with Gasteiger partial charge < -0.3 is 9.88 Å². The highest BCUT2D eigenvalue weighted by Crippen LogP contribution is 2.20. The second-order valence-corrected chi connectivity index (χ2v) is 4.16. The van der Waals surface area contributed by atoms with E-state index in [1.165, 1.54) is 6.07 Å². The predicted octanol–water partition coefficient (Wildman–Crippen LogP) is 2.44. The lowest BCUT2D eigenvalue weighted by Gasteiger charge is -2.05. The summed E-state index contributed by atoms with van der Waals surface area (Å²) in [5.41, 5.74) is 1.69.